The number of hydrogen-bond donors (Lipinski definition) is 2. The highest BCUT2D eigenvalue weighted by molar-refractivity contribution is 5.77. The van der Waals surface area contributed by atoms with Gasteiger partial charge in [0.1, 0.15) is 12.2 Å². The molecule has 258 valence electrons. The first-order chi connectivity index (χ1) is 21.9. The smallest absolute Gasteiger partial charge is 0.308 e. The number of fused-ring (bicyclic) bond motifs is 4. The Morgan fingerprint density at radius 1 is 0.630 bits per heavy atom. The van der Waals surface area contributed by atoms with E-state index in [0.717, 1.165) is 25.7 Å². The van der Waals surface area contributed by atoms with Crippen LogP contribution in [0, 0.1) is 35.5 Å². The Kier molecular flexibility index (Phi) is 7.62. The van der Waals surface area contributed by atoms with E-state index >= 15 is 0 Å². The van der Waals surface area contributed by atoms with E-state index < -0.39 is 83.9 Å². The minimum atomic E-state index is -1.31. The summed E-state index contributed by atoms with van der Waals surface area (Å²) in [6, 6.07) is 0. The number of esters is 2. The summed E-state index contributed by atoms with van der Waals surface area (Å²) in [5, 5.41) is 22.7. The molecule has 10 rings (SSSR count). The van der Waals surface area contributed by atoms with Crippen LogP contribution in [0.3, 0.4) is 0 Å². The van der Waals surface area contributed by atoms with E-state index in [4.69, 9.17) is 48.0 Å². The average molecular weight is 655 g/mol. The maximum absolute atomic E-state index is 13.0. The molecule has 2 N–H and O–H groups in total. The topological polar surface area (TPSA) is 167 Å². The molecule has 8 saturated heterocycles. The van der Waals surface area contributed by atoms with Crippen LogP contribution in [0.5, 0.6) is 0 Å². The first-order valence-electron chi connectivity index (χ1n) is 17.0. The first-order valence-corrected chi connectivity index (χ1v) is 17.0. The molecule has 4 bridgehead atoms. The van der Waals surface area contributed by atoms with Gasteiger partial charge in [0.05, 0.1) is 12.8 Å². The summed E-state index contributed by atoms with van der Waals surface area (Å²) < 4.78 is 35.8. The van der Waals surface area contributed by atoms with E-state index in [-0.39, 0.29) is 24.7 Å². The van der Waals surface area contributed by atoms with E-state index in [1.165, 1.54) is 0 Å². The maximum atomic E-state index is 13.0. The van der Waals surface area contributed by atoms with Crippen LogP contribution in [0.2, 0.25) is 0 Å². The Hall–Kier alpha value is -1.46. The lowest BCUT2D eigenvalue weighted by molar-refractivity contribution is -0.577. The molecule has 2 aliphatic carbocycles. The summed E-state index contributed by atoms with van der Waals surface area (Å²) >= 11 is 0. The molecule has 14 nitrogen and oxygen atoms in total. The second-order valence-electron chi connectivity index (χ2n) is 15.3. The quantitative estimate of drug-likeness (QED) is 0.328. The van der Waals surface area contributed by atoms with Gasteiger partial charge in [-0.1, -0.05) is 13.8 Å². The lowest BCUT2D eigenvalue weighted by atomic mass is 9.60. The Balaban J connectivity index is 0.902. The number of carbonyl (C=O) groups is 2. The van der Waals surface area contributed by atoms with Gasteiger partial charge >= 0.3 is 11.9 Å². The molecule has 0 unspecified atom stereocenters. The highest BCUT2D eigenvalue weighted by Crippen LogP contribution is 2.61. The Labute approximate surface area is 267 Å². The largest absolute Gasteiger partial charge is 0.433 e. The number of ether oxygens (including phenoxy) is 6. The van der Waals surface area contributed by atoms with Crippen LogP contribution in [-0.2, 0) is 57.6 Å². The molecule has 16 atom stereocenters. The van der Waals surface area contributed by atoms with E-state index in [0.29, 0.717) is 37.5 Å². The molecule has 2 saturated carbocycles. The van der Waals surface area contributed by atoms with E-state index in [2.05, 4.69) is 13.8 Å². The minimum Gasteiger partial charge on any atom is -0.433 e. The van der Waals surface area contributed by atoms with Gasteiger partial charge in [0, 0.05) is 24.7 Å². The van der Waals surface area contributed by atoms with Gasteiger partial charge in [0.25, 0.3) is 0 Å². The normalized spacial score (nSPS) is 55.3. The van der Waals surface area contributed by atoms with Crippen LogP contribution in [0.25, 0.3) is 0 Å². The van der Waals surface area contributed by atoms with Crippen molar-refractivity contribution in [3.63, 3.8) is 0 Å². The van der Waals surface area contributed by atoms with Gasteiger partial charge in [-0.05, 0) is 76.0 Å². The Morgan fingerprint density at radius 2 is 1.04 bits per heavy atom. The van der Waals surface area contributed by atoms with Gasteiger partial charge in [0.15, 0.2) is 23.8 Å². The van der Waals surface area contributed by atoms with Crippen molar-refractivity contribution < 1.29 is 67.8 Å². The Bertz CT molecular complexity index is 1140. The zero-order valence-electron chi connectivity index (χ0n) is 26.8. The van der Waals surface area contributed by atoms with Crippen LogP contribution in [0.15, 0.2) is 0 Å². The zero-order valence-corrected chi connectivity index (χ0v) is 26.8. The highest BCUT2D eigenvalue weighted by Gasteiger charge is 2.72. The number of rotatable bonds is 5. The predicted molar refractivity (Wildman–Crippen MR) is 149 cm³/mol. The number of hydrogen-bond acceptors (Lipinski definition) is 14. The fourth-order valence-electron chi connectivity index (χ4n) is 9.96. The molecule has 0 amide bonds. The van der Waals surface area contributed by atoms with Crippen LogP contribution >= 0.6 is 0 Å². The van der Waals surface area contributed by atoms with Crippen molar-refractivity contribution in [3.8, 4) is 0 Å². The molecule has 8 heterocycles. The molecular formula is C32H46O14. The molecule has 8 aliphatic heterocycles. The van der Waals surface area contributed by atoms with Gasteiger partial charge in [-0.25, -0.2) is 19.6 Å². The molecule has 0 aromatic carbocycles. The fraction of sp³-hybridized carbons (Fsp3) is 0.938. The van der Waals surface area contributed by atoms with Crippen LogP contribution in [-0.4, -0.2) is 82.3 Å². The molecule has 46 heavy (non-hydrogen) atoms. The van der Waals surface area contributed by atoms with Crippen molar-refractivity contribution in [2.75, 3.05) is 0 Å². The summed E-state index contributed by atoms with van der Waals surface area (Å²) in [6.07, 6.45) is -1.68. The molecule has 10 aliphatic rings. The molecule has 0 aromatic rings. The third-order valence-electron chi connectivity index (χ3n) is 12.5. The maximum Gasteiger partial charge on any atom is 0.308 e. The zero-order chi connectivity index (χ0) is 32.2. The summed E-state index contributed by atoms with van der Waals surface area (Å²) in [6.45, 7) is 7.88. The van der Waals surface area contributed by atoms with Crippen molar-refractivity contribution in [2.24, 2.45) is 35.5 Å². The van der Waals surface area contributed by atoms with E-state index in [1.807, 2.05) is 0 Å². The summed E-state index contributed by atoms with van der Waals surface area (Å²) in [5.41, 5.74) is -2.02. The highest BCUT2D eigenvalue weighted by atomic mass is 17.3. The standard InChI is InChI=1S/C32H46O14/c1-15-5-7-19-23(35)25(39-27-31(19)17(15)11-13-29(3,41-27)43-45-31)37-21(33)9-10-22(34)38-26-24(36)20-8-6-16(2)18-12-14-30(4)42-28(40-26)32(18,20)46-44-30/h15-20,23-28,35-36H,5-14H2,1-4H3/t15-,16-,17+,18+,19+,20+,23-,24-,25-,26-,27-,28-,29-,30-,31-,32-/m1/s1. The van der Waals surface area contributed by atoms with Crippen molar-refractivity contribution in [1.29, 1.82) is 0 Å². The number of aliphatic hydroxyl groups is 2. The lowest BCUT2D eigenvalue weighted by Gasteiger charge is -2.59. The van der Waals surface area contributed by atoms with Gasteiger partial charge in [-0.3, -0.25) is 9.59 Å². The molecule has 0 radical (unpaired) electrons. The molecule has 10 fully saturated rings. The van der Waals surface area contributed by atoms with Crippen LogP contribution < -0.4 is 0 Å². The third kappa shape index (κ3) is 4.66. The summed E-state index contributed by atoms with van der Waals surface area (Å²) in [4.78, 5) is 49.4. The monoisotopic (exact) mass is 654 g/mol. The third-order valence-corrected chi connectivity index (χ3v) is 12.5. The molecule has 2 spiro atoms. The molecule has 0 aromatic heterocycles. The molecular weight excluding hydrogens is 608 g/mol. The van der Waals surface area contributed by atoms with Crippen LogP contribution in [0.4, 0.5) is 0 Å². The minimum absolute atomic E-state index is 0.0392. The van der Waals surface area contributed by atoms with E-state index in [9.17, 15) is 19.8 Å². The van der Waals surface area contributed by atoms with Gasteiger partial charge in [-0.15, -0.1) is 0 Å². The number of aliphatic hydroxyl groups excluding tert-OH is 2. The second kappa shape index (κ2) is 11.0. The fourth-order valence-corrected chi connectivity index (χ4v) is 9.96. The molecule has 14 heteroatoms. The van der Waals surface area contributed by atoms with Crippen molar-refractivity contribution in [1.82, 2.24) is 0 Å². The first kappa shape index (κ1) is 31.8. The second-order valence-corrected chi connectivity index (χ2v) is 15.3. The lowest BCUT2D eigenvalue weighted by Crippen LogP contribution is -2.72. The average Bonchev–Trinajstić information content (AvgIpc) is 3.39. The van der Waals surface area contributed by atoms with Crippen molar-refractivity contribution in [3.05, 3.63) is 0 Å². The van der Waals surface area contributed by atoms with Crippen LogP contribution in [0.1, 0.15) is 91.9 Å². The van der Waals surface area contributed by atoms with E-state index in [1.54, 1.807) is 13.8 Å². The number of carbonyl (C=O) groups excluding carboxylic acids is 2. The van der Waals surface area contributed by atoms with Gasteiger partial charge in [0.2, 0.25) is 24.2 Å². The SMILES string of the molecule is C[C@@H]1CC[C@H]2[C@@H](O)[C@H](OC(=O)CCC(=O)O[C@@H]3O[C@@H]4O[C@@]5(C)CC[C@H]6[C@H](C)CC[C@@H]([C@H]3O)[C@@]46OO5)O[C@@H]3O[C@@]4(C)CC[C@@H]1[C@]32OO4. The van der Waals surface area contributed by atoms with Gasteiger partial charge < -0.3 is 38.6 Å². The summed E-state index contributed by atoms with van der Waals surface area (Å²) in [5.74, 6) is -3.72. The van der Waals surface area contributed by atoms with Crippen molar-refractivity contribution in [2.45, 2.75) is 152 Å². The van der Waals surface area contributed by atoms with Gasteiger partial charge in [-0.2, -0.15) is 0 Å². The van der Waals surface area contributed by atoms with Crippen molar-refractivity contribution >= 4 is 11.9 Å². The summed E-state index contributed by atoms with van der Waals surface area (Å²) in [7, 11) is 0. The Morgan fingerprint density at radius 3 is 1.46 bits per heavy atom. The predicted octanol–water partition coefficient (Wildman–Crippen LogP) is 2.72.